The van der Waals surface area contributed by atoms with Gasteiger partial charge in [0.05, 0.1) is 13.2 Å². The minimum atomic E-state index is 0.580. The Morgan fingerprint density at radius 1 is 1.57 bits per heavy atom. The lowest BCUT2D eigenvalue weighted by Crippen LogP contribution is -2.49. The van der Waals surface area contributed by atoms with Gasteiger partial charge in [0.15, 0.2) is 0 Å². The molecule has 0 amide bonds. The summed E-state index contributed by atoms with van der Waals surface area (Å²) in [7, 11) is 2.06. The minimum Gasteiger partial charge on any atom is -0.379 e. The number of ether oxygens (including phenoxy) is 1. The zero-order valence-electron chi connectivity index (χ0n) is 9.75. The van der Waals surface area contributed by atoms with E-state index in [1.165, 1.54) is 12.8 Å². The molecule has 0 aromatic carbocycles. The van der Waals surface area contributed by atoms with Crippen LogP contribution in [0.1, 0.15) is 26.7 Å². The van der Waals surface area contributed by atoms with Crippen LogP contribution in [0.25, 0.3) is 0 Å². The van der Waals surface area contributed by atoms with Crippen molar-refractivity contribution in [2.45, 2.75) is 38.8 Å². The van der Waals surface area contributed by atoms with Crippen LogP contribution in [-0.4, -0.2) is 50.3 Å². The normalized spacial score (nSPS) is 26.4. The van der Waals surface area contributed by atoms with Gasteiger partial charge in [0.25, 0.3) is 0 Å². The number of hydrogen-bond acceptors (Lipinski definition) is 3. The molecule has 84 valence electrons. The minimum absolute atomic E-state index is 0.580. The second-order valence-corrected chi connectivity index (χ2v) is 4.19. The van der Waals surface area contributed by atoms with E-state index >= 15 is 0 Å². The third kappa shape index (κ3) is 3.56. The van der Waals surface area contributed by atoms with E-state index in [1.807, 2.05) is 0 Å². The highest BCUT2D eigenvalue weighted by molar-refractivity contribution is 4.76. The topological polar surface area (TPSA) is 24.5 Å². The summed E-state index contributed by atoms with van der Waals surface area (Å²) in [5, 5.41) is 3.39. The second kappa shape index (κ2) is 6.38. The molecule has 14 heavy (non-hydrogen) atoms. The van der Waals surface area contributed by atoms with E-state index in [9.17, 15) is 0 Å². The first-order valence-electron chi connectivity index (χ1n) is 5.77. The predicted molar refractivity (Wildman–Crippen MR) is 59.6 cm³/mol. The third-order valence-corrected chi connectivity index (χ3v) is 3.01. The Morgan fingerprint density at radius 3 is 2.93 bits per heavy atom. The Kier molecular flexibility index (Phi) is 5.45. The van der Waals surface area contributed by atoms with Crippen molar-refractivity contribution in [1.29, 1.82) is 0 Å². The van der Waals surface area contributed by atoms with Crippen molar-refractivity contribution in [1.82, 2.24) is 10.2 Å². The first-order chi connectivity index (χ1) is 6.77. The van der Waals surface area contributed by atoms with Crippen LogP contribution in [0, 0.1) is 0 Å². The van der Waals surface area contributed by atoms with Gasteiger partial charge in [-0.05, 0) is 20.4 Å². The number of morpholine rings is 1. The van der Waals surface area contributed by atoms with Gasteiger partial charge in [-0.1, -0.05) is 13.3 Å². The van der Waals surface area contributed by atoms with E-state index in [2.05, 4.69) is 31.1 Å². The molecule has 1 aliphatic rings. The number of hydrogen-bond donors (Lipinski definition) is 1. The summed E-state index contributed by atoms with van der Waals surface area (Å²) in [5.41, 5.74) is 0. The summed E-state index contributed by atoms with van der Waals surface area (Å²) in [6.45, 7) is 8.53. The molecule has 0 spiro atoms. The van der Waals surface area contributed by atoms with Crippen LogP contribution in [0.4, 0.5) is 0 Å². The molecule has 1 saturated heterocycles. The van der Waals surface area contributed by atoms with Gasteiger partial charge < -0.3 is 10.1 Å². The van der Waals surface area contributed by atoms with Gasteiger partial charge in [0.2, 0.25) is 0 Å². The van der Waals surface area contributed by atoms with E-state index in [0.717, 1.165) is 26.3 Å². The Bertz CT molecular complexity index is 152. The van der Waals surface area contributed by atoms with Crippen molar-refractivity contribution in [2.75, 3.05) is 33.4 Å². The van der Waals surface area contributed by atoms with Crippen LogP contribution in [0.2, 0.25) is 0 Å². The zero-order chi connectivity index (χ0) is 10.4. The Hall–Kier alpha value is -0.120. The summed E-state index contributed by atoms with van der Waals surface area (Å²) in [4.78, 5) is 2.53. The fourth-order valence-electron chi connectivity index (χ4n) is 1.99. The average Bonchev–Trinajstić information content (AvgIpc) is 2.20. The highest BCUT2D eigenvalue weighted by Crippen LogP contribution is 2.08. The number of rotatable bonds is 5. The summed E-state index contributed by atoms with van der Waals surface area (Å²) >= 11 is 0. The summed E-state index contributed by atoms with van der Waals surface area (Å²) in [6.07, 6.45) is 2.52. The highest BCUT2D eigenvalue weighted by Gasteiger charge is 2.20. The lowest BCUT2D eigenvalue weighted by Gasteiger charge is -2.35. The maximum atomic E-state index is 5.43. The molecular weight excluding hydrogens is 176 g/mol. The molecule has 0 saturated carbocycles. The second-order valence-electron chi connectivity index (χ2n) is 4.19. The molecule has 1 aliphatic heterocycles. The maximum Gasteiger partial charge on any atom is 0.0619 e. The molecule has 3 heteroatoms. The fourth-order valence-corrected chi connectivity index (χ4v) is 1.99. The van der Waals surface area contributed by atoms with Crippen molar-refractivity contribution in [2.24, 2.45) is 0 Å². The largest absolute Gasteiger partial charge is 0.379 e. The third-order valence-electron chi connectivity index (χ3n) is 3.01. The SMILES string of the molecule is CCCC(CN1CCOCC1C)NC. The van der Waals surface area contributed by atoms with Gasteiger partial charge in [-0.25, -0.2) is 0 Å². The predicted octanol–water partition coefficient (Wildman–Crippen LogP) is 1.10. The van der Waals surface area contributed by atoms with Gasteiger partial charge >= 0.3 is 0 Å². The molecule has 1 N–H and O–H groups in total. The number of nitrogens with zero attached hydrogens (tertiary/aromatic N) is 1. The van der Waals surface area contributed by atoms with Crippen molar-refractivity contribution in [3.05, 3.63) is 0 Å². The molecule has 3 nitrogen and oxygen atoms in total. The van der Waals surface area contributed by atoms with Gasteiger partial charge in [-0.2, -0.15) is 0 Å². The van der Waals surface area contributed by atoms with Gasteiger partial charge in [0, 0.05) is 25.2 Å². The Balaban J connectivity index is 2.31. The molecular formula is C11H24N2O. The summed E-state index contributed by atoms with van der Waals surface area (Å²) < 4.78 is 5.43. The van der Waals surface area contributed by atoms with Crippen LogP contribution in [-0.2, 0) is 4.74 Å². The van der Waals surface area contributed by atoms with E-state index in [-0.39, 0.29) is 0 Å². The number of likely N-dealkylation sites (N-methyl/N-ethyl adjacent to an activating group) is 1. The summed E-state index contributed by atoms with van der Waals surface area (Å²) in [5.74, 6) is 0. The molecule has 1 heterocycles. The Morgan fingerprint density at radius 2 is 2.36 bits per heavy atom. The van der Waals surface area contributed by atoms with E-state index in [0.29, 0.717) is 12.1 Å². The zero-order valence-corrected chi connectivity index (χ0v) is 9.75. The van der Waals surface area contributed by atoms with E-state index < -0.39 is 0 Å². The van der Waals surface area contributed by atoms with Crippen LogP contribution >= 0.6 is 0 Å². The fraction of sp³-hybridized carbons (Fsp3) is 1.00. The smallest absolute Gasteiger partial charge is 0.0619 e. The molecule has 0 aromatic rings. The average molecular weight is 200 g/mol. The molecule has 0 aromatic heterocycles. The standard InChI is InChI=1S/C11H24N2O/c1-4-5-11(12-3)8-13-6-7-14-9-10(13)2/h10-12H,4-9H2,1-3H3. The first kappa shape index (κ1) is 12.0. The molecule has 0 bridgehead atoms. The molecule has 2 atom stereocenters. The molecule has 2 unspecified atom stereocenters. The van der Waals surface area contributed by atoms with E-state index in [4.69, 9.17) is 4.74 Å². The van der Waals surface area contributed by atoms with E-state index in [1.54, 1.807) is 0 Å². The molecule has 1 rings (SSSR count). The van der Waals surface area contributed by atoms with Crippen molar-refractivity contribution < 1.29 is 4.74 Å². The van der Waals surface area contributed by atoms with Crippen LogP contribution < -0.4 is 5.32 Å². The highest BCUT2D eigenvalue weighted by atomic mass is 16.5. The van der Waals surface area contributed by atoms with Crippen molar-refractivity contribution >= 4 is 0 Å². The molecule has 0 radical (unpaired) electrons. The van der Waals surface area contributed by atoms with Crippen LogP contribution in [0.5, 0.6) is 0 Å². The van der Waals surface area contributed by atoms with Crippen molar-refractivity contribution in [3.63, 3.8) is 0 Å². The first-order valence-corrected chi connectivity index (χ1v) is 5.77. The molecule has 1 fully saturated rings. The van der Waals surface area contributed by atoms with Crippen molar-refractivity contribution in [3.8, 4) is 0 Å². The lowest BCUT2D eigenvalue weighted by molar-refractivity contribution is -0.00441. The van der Waals surface area contributed by atoms with Gasteiger partial charge in [0.1, 0.15) is 0 Å². The summed E-state index contributed by atoms with van der Waals surface area (Å²) in [6, 6.07) is 1.22. The van der Waals surface area contributed by atoms with Gasteiger partial charge in [-0.15, -0.1) is 0 Å². The molecule has 0 aliphatic carbocycles. The monoisotopic (exact) mass is 200 g/mol. The lowest BCUT2D eigenvalue weighted by atomic mass is 10.1. The van der Waals surface area contributed by atoms with Crippen LogP contribution in [0.15, 0.2) is 0 Å². The number of nitrogens with one attached hydrogen (secondary N) is 1. The van der Waals surface area contributed by atoms with Crippen LogP contribution in [0.3, 0.4) is 0 Å². The quantitative estimate of drug-likeness (QED) is 0.719. The maximum absolute atomic E-state index is 5.43. The van der Waals surface area contributed by atoms with Gasteiger partial charge in [-0.3, -0.25) is 4.90 Å². The Labute approximate surface area is 87.8 Å².